The second kappa shape index (κ2) is 45.1. The van der Waals surface area contributed by atoms with Gasteiger partial charge in [0.2, 0.25) is 5.91 Å². The van der Waals surface area contributed by atoms with Crippen LogP contribution in [0.5, 0.6) is 0 Å². The third-order valence-corrected chi connectivity index (χ3v) is 10.9. The molecule has 0 saturated heterocycles. The lowest BCUT2D eigenvalue weighted by Crippen LogP contribution is -2.53. The molecule has 0 aromatic heterocycles. The molecule has 0 aliphatic rings. The molecule has 6 nitrogen and oxygen atoms in total. The molecular formula is C51H93NO5. The van der Waals surface area contributed by atoms with Crippen molar-refractivity contribution in [3.05, 3.63) is 60.8 Å². The van der Waals surface area contributed by atoms with Gasteiger partial charge in [-0.3, -0.25) is 4.79 Å². The van der Waals surface area contributed by atoms with Crippen LogP contribution in [0.2, 0.25) is 0 Å². The Bertz CT molecular complexity index is 988. The Labute approximate surface area is 352 Å². The van der Waals surface area contributed by atoms with Crippen LogP contribution in [-0.4, -0.2) is 57.3 Å². The first-order valence-electron chi connectivity index (χ1n) is 24.2. The first-order chi connectivity index (χ1) is 28.0. The standard InChI is InChI=1S/C51H93NO5/c1-3-5-7-9-11-13-15-17-19-20-21-22-23-24-25-26-27-28-29-30-31-33-34-36-38-40-42-44-48(54)50(56)47(46-53)52-51(57)49(55)45-43-41-39-37-35-32-18-16-14-12-10-8-6-4-2/h12,14,16,18,26-27,30-31,36,38,47-50,53-56H,3-11,13,15,17,19-25,28-29,32-35,37,39-46H2,1-2H3,(H,52,57)/b14-12-,18-16-,27-26+,31-30+,38-36+. The van der Waals surface area contributed by atoms with Crippen LogP contribution in [0.4, 0.5) is 0 Å². The van der Waals surface area contributed by atoms with Gasteiger partial charge >= 0.3 is 0 Å². The van der Waals surface area contributed by atoms with E-state index in [0.29, 0.717) is 19.3 Å². The van der Waals surface area contributed by atoms with Crippen LogP contribution in [-0.2, 0) is 4.79 Å². The van der Waals surface area contributed by atoms with Gasteiger partial charge in [-0.25, -0.2) is 0 Å². The van der Waals surface area contributed by atoms with Crippen LogP contribution in [0, 0.1) is 0 Å². The highest BCUT2D eigenvalue weighted by atomic mass is 16.3. The number of carbonyl (C=O) groups excluding carboxylic acids is 1. The summed E-state index contributed by atoms with van der Waals surface area (Å²) in [6.07, 6.45) is 57.0. The van der Waals surface area contributed by atoms with Crippen molar-refractivity contribution in [1.29, 1.82) is 0 Å². The number of hydrogen-bond donors (Lipinski definition) is 5. The van der Waals surface area contributed by atoms with E-state index < -0.39 is 36.9 Å². The van der Waals surface area contributed by atoms with Gasteiger partial charge < -0.3 is 25.7 Å². The van der Waals surface area contributed by atoms with Crippen molar-refractivity contribution in [2.45, 2.75) is 250 Å². The molecule has 0 spiro atoms. The predicted molar refractivity (Wildman–Crippen MR) is 246 cm³/mol. The van der Waals surface area contributed by atoms with Crippen LogP contribution < -0.4 is 5.32 Å². The quantitative estimate of drug-likeness (QED) is 0.0240. The van der Waals surface area contributed by atoms with E-state index in [1.807, 2.05) is 0 Å². The molecule has 1 amide bonds. The number of rotatable bonds is 43. The summed E-state index contributed by atoms with van der Waals surface area (Å²) in [4.78, 5) is 12.5. The van der Waals surface area contributed by atoms with Gasteiger partial charge in [0.15, 0.2) is 0 Å². The number of nitrogens with one attached hydrogen (secondary N) is 1. The topological polar surface area (TPSA) is 110 Å². The lowest BCUT2D eigenvalue weighted by atomic mass is 10.00. The van der Waals surface area contributed by atoms with E-state index in [2.05, 4.69) is 79.9 Å². The number of allylic oxidation sites excluding steroid dienone is 10. The molecular weight excluding hydrogens is 707 g/mol. The number of unbranched alkanes of at least 4 members (excludes halogenated alkanes) is 25. The van der Waals surface area contributed by atoms with Gasteiger partial charge in [-0.05, 0) is 89.9 Å². The number of carbonyl (C=O) groups is 1. The molecule has 4 unspecified atom stereocenters. The number of hydrogen-bond acceptors (Lipinski definition) is 5. The van der Waals surface area contributed by atoms with E-state index in [9.17, 15) is 25.2 Å². The second-order valence-corrected chi connectivity index (χ2v) is 16.5. The molecule has 0 aliphatic carbocycles. The summed E-state index contributed by atoms with van der Waals surface area (Å²) in [5.74, 6) is -0.614. The summed E-state index contributed by atoms with van der Waals surface area (Å²) >= 11 is 0. The fourth-order valence-electron chi connectivity index (χ4n) is 7.07. The smallest absolute Gasteiger partial charge is 0.249 e. The SMILES string of the molecule is CCCCC/C=C\C=C/CCCCCCCC(O)C(=O)NC(CO)C(O)C(O)CCC/C=C/CC/C=C/CC/C=C/CCCCCCCCCCCCCCCC. The Kier molecular flexibility index (Phi) is 43.5. The Morgan fingerprint density at radius 3 is 1.25 bits per heavy atom. The molecule has 0 heterocycles. The maximum Gasteiger partial charge on any atom is 0.249 e. The van der Waals surface area contributed by atoms with Gasteiger partial charge in [0.25, 0.3) is 0 Å². The van der Waals surface area contributed by atoms with Crippen molar-refractivity contribution < 1.29 is 25.2 Å². The average Bonchev–Trinajstić information content (AvgIpc) is 3.22. The molecule has 332 valence electrons. The second-order valence-electron chi connectivity index (χ2n) is 16.5. The van der Waals surface area contributed by atoms with Gasteiger partial charge in [-0.1, -0.05) is 197 Å². The monoisotopic (exact) mass is 800 g/mol. The minimum Gasteiger partial charge on any atom is -0.394 e. The van der Waals surface area contributed by atoms with Gasteiger partial charge in [0.05, 0.1) is 18.8 Å². The van der Waals surface area contributed by atoms with Crippen LogP contribution in [0.3, 0.4) is 0 Å². The first kappa shape index (κ1) is 55.0. The van der Waals surface area contributed by atoms with Crippen LogP contribution in [0.25, 0.3) is 0 Å². The summed E-state index contributed by atoms with van der Waals surface area (Å²) in [6, 6.07) is -1.02. The van der Waals surface area contributed by atoms with Crippen LogP contribution >= 0.6 is 0 Å². The van der Waals surface area contributed by atoms with E-state index in [1.165, 1.54) is 116 Å². The lowest BCUT2D eigenvalue weighted by Gasteiger charge is -2.27. The first-order valence-corrected chi connectivity index (χ1v) is 24.2. The highest BCUT2D eigenvalue weighted by Gasteiger charge is 2.28. The van der Waals surface area contributed by atoms with E-state index in [0.717, 1.165) is 77.0 Å². The minimum atomic E-state index is -1.30. The molecule has 57 heavy (non-hydrogen) atoms. The molecule has 4 atom stereocenters. The van der Waals surface area contributed by atoms with Gasteiger partial charge in [0.1, 0.15) is 12.2 Å². The lowest BCUT2D eigenvalue weighted by molar-refractivity contribution is -0.132. The maximum atomic E-state index is 12.5. The molecule has 0 fully saturated rings. The largest absolute Gasteiger partial charge is 0.394 e. The van der Waals surface area contributed by atoms with Gasteiger partial charge in [-0.15, -0.1) is 0 Å². The minimum absolute atomic E-state index is 0.338. The molecule has 0 saturated carbocycles. The van der Waals surface area contributed by atoms with Crippen molar-refractivity contribution >= 4 is 5.91 Å². The Morgan fingerprint density at radius 2 is 0.789 bits per heavy atom. The predicted octanol–water partition coefficient (Wildman–Crippen LogP) is 13.2. The zero-order chi connectivity index (χ0) is 41.7. The number of aliphatic hydroxyl groups is 4. The fourth-order valence-corrected chi connectivity index (χ4v) is 7.07. The van der Waals surface area contributed by atoms with Crippen molar-refractivity contribution in [2.24, 2.45) is 0 Å². The highest BCUT2D eigenvalue weighted by molar-refractivity contribution is 5.80. The Hall–Kier alpha value is -1.99. The molecule has 0 aromatic rings. The van der Waals surface area contributed by atoms with Crippen molar-refractivity contribution in [3.63, 3.8) is 0 Å². The molecule has 0 radical (unpaired) electrons. The number of amides is 1. The summed E-state index contributed by atoms with van der Waals surface area (Å²) in [7, 11) is 0. The van der Waals surface area contributed by atoms with Crippen molar-refractivity contribution in [2.75, 3.05) is 6.61 Å². The van der Waals surface area contributed by atoms with E-state index in [-0.39, 0.29) is 0 Å². The zero-order valence-electron chi connectivity index (χ0n) is 37.3. The van der Waals surface area contributed by atoms with Gasteiger partial charge in [-0.2, -0.15) is 0 Å². The van der Waals surface area contributed by atoms with Crippen molar-refractivity contribution in [1.82, 2.24) is 5.32 Å². The average molecular weight is 800 g/mol. The van der Waals surface area contributed by atoms with E-state index in [4.69, 9.17) is 0 Å². The normalized spacial score (nSPS) is 14.6. The highest BCUT2D eigenvalue weighted by Crippen LogP contribution is 2.15. The summed E-state index contributed by atoms with van der Waals surface area (Å²) in [6.45, 7) is 4.00. The van der Waals surface area contributed by atoms with Crippen LogP contribution in [0.15, 0.2) is 60.8 Å². The third-order valence-electron chi connectivity index (χ3n) is 10.9. The molecule has 5 N–H and O–H groups in total. The van der Waals surface area contributed by atoms with Crippen molar-refractivity contribution in [3.8, 4) is 0 Å². The zero-order valence-corrected chi connectivity index (χ0v) is 37.3. The Balaban J connectivity index is 3.79. The third kappa shape index (κ3) is 39.3. The van der Waals surface area contributed by atoms with E-state index >= 15 is 0 Å². The summed E-state index contributed by atoms with van der Waals surface area (Å²) in [5, 5.41) is 43.7. The molecule has 0 rings (SSSR count). The molecule has 0 aromatic carbocycles. The summed E-state index contributed by atoms with van der Waals surface area (Å²) in [5.41, 5.74) is 0. The van der Waals surface area contributed by atoms with Gasteiger partial charge in [0, 0.05) is 0 Å². The van der Waals surface area contributed by atoms with E-state index in [1.54, 1.807) is 0 Å². The molecule has 0 bridgehead atoms. The Morgan fingerprint density at radius 1 is 0.439 bits per heavy atom. The number of aliphatic hydroxyl groups excluding tert-OH is 4. The maximum absolute atomic E-state index is 12.5. The molecule has 0 aliphatic heterocycles. The fraction of sp³-hybridized carbons (Fsp3) is 0.784. The van der Waals surface area contributed by atoms with Crippen LogP contribution in [0.1, 0.15) is 226 Å². The molecule has 6 heteroatoms. The summed E-state index contributed by atoms with van der Waals surface area (Å²) < 4.78 is 0.